The lowest BCUT2D eigenvalue weighted by atomic mass is 10.1. The van der Waals surface area contributed by atoms with Crippen molar-refractivity contribution in [3.05, 3.63) is 57.6 Å². The van der Waals surface area contributed by atoms with Gasteiger partial charge in [-0.2, -0.15) is 5.26 Å². The quantitative estimate of drug-likeness (QED) is 0.826. The van der Waals surface area contributed by atoms with Gasteiger partial charge in [-0.3, -0.25) is 9.69 Å². The molecule has 0 bridgehead atoms. The largest absolute Gasteiger partial charge is 0.495 e. The predicted octanol–water partition coefficient (Wildman–Crippen LogP) is 4.23. The summed E-state index contributed by atoms with van der Waals surface area (Å²) in [5.74, 6) is 0.143. The summed E-state index contributed by atoms with van der Waals surface area (Å²) in [6, 6.07) is 11.6. The van der Waals surface area contributed by atoms with Crippen LogP contribution in [-0.2, 0) is 0 Å². The molecule has 1 atom stereocenters. The van der Waals surface area contributed by atoms with E-state index in [2.05, 4.69) is 6.07 Å². The van der Waals surface area contributed by atoms with Crippen LogP contribution >= 0.6 is 23.2 Å². The molecular formula is C16H10Cl2N2O2. The van der Waals surface area contributed by atoms with Crippen LogP contribution in [0.5, 0.6) is 5.75 Å². The Morgan fingerprint density at radius 1 is 1.23 bits per heavy atom. The minimum absolute atomic E-state index is 0.168. The Hall–Kier alpha value is -2.22. The van der Waals surface area contributed by atoms with E-state index < -0.39 is 6.04 Å². The molecular weight excluding hydrogens is 323 g/mol. The third kappa shape index (κ3) is 2.02. The Bertz CT molecular complexity index is 814. The van der Waals surface area contributed by atoms with Gasteiger partial charge < -0.3 is 4.74 Å². The third-order valence-electron chi connectivity index (χ3n) is 3.58. The summed E-state index contributed by atoms with van der Waals surface area (Å²) in [6.45, 7) is 0. The highest BCUT2D eigenvalue weighted by atomic mass is 35.5. The van der Waals surface area contributed by atoms with Crippen molar-refractivity contribution >= 4 is 34.8 Å². The maximum absolute atomic E-state index is 12.8. The molecule has 0 fully saturated rings. The molecule has 1 heterocycles. The minimum atomic E-state index is -0.770. The van der Waals surface area contributed by atoms with E-state index in [1.807, 2.05) is 0 Å². The van der Waals surface area contributed by atoms with Crippen LogP contribution in [0.4, 0.5) is 5.69 Å². The van der Waals surface area contributed by atoms with Crippen molar-refractivity contribution in [1.29, 1.82) is 5.26 Å². The zero-order valence-electron chi connectivity index (χ0n) is 11.5. The molecule has 2 aromatic carbocycles. The first-order valence-corrected chi connectivity index (χ1v) is 7.19. The number of halogens is 2. The Labute approximate surface area is 137 Å². The summed E-state index contributed by atoms with van der Waals surface area (Å²) in [4.78, 5) is 14.2. The van der Waals surface area contributed by atoms with E-state index in [0.717, 1.165) is 0 Å². The number of nitriles is 1. The van der Waals surface area contributed by atoms with Crippen LogP contribution in [0, 0.1) is 11.3 Å². The van der Waals surface area contributed by atoms with Gasteiger partial charge >= 0.3 is 0 Å². The molecule has 1 amide bonds. The van der Waals surface area contributed by atoms with Gasteiger partial charge in [0.25, 0.3) is 5.91 Å². The number of fused-ring (bicyclic) bond motifs is 1. The summed E-state index contributed by atoms with van der Waals surface area (Å²) in [5.41, 5.74) is 1.34. The number of amides is 1. The van der Waals surface area contributed by atoms with Crippen molar-refractivity contribution in [1.82, 2.24) is 0 Å². The zero-order chi connectivity index (χ0) is 15.9. The number of rotatable bonds is 2. The average Bonchev–Trinajstić information content (AvgIpc) is 2.83. The van der Waals surface area contributed by atoms with E-state index in [-0.39, 0.29) is 21.5 Å². The van der Waals surface area contributed by atoms with Gasteiger partial charge in [0.1, 0.15) is 5.75 Å². The SMILES string of the molecule is COc1ccccc1N1C(=O)c2c(ccc(Cl)c2Cl)C1C#N. The van der Waals surface area contributed by atoms with Crippen LogP contribution in [0.3, 0.4) is 0 Å². The molecule has 4 nitrogen and oxygen atoms in total. The highest BCUT2D eigenvalue weighted by Crippen LogP contribution is 2.44. The van der Waals surface area contributed by atoms with Crippen LogP contribution in [0.25, 0.3) is 0 Å². The molecule has 22 heavy (non-hydrogen) atoms. The lowest BCUT2D eigenvalue weighted by Gasteiger charge is -2.22. The zero-order valence-corrected chi connectivity index (χ0v) is 13.0. The van der Waals surface area contributed by atoms with Crippen molar-refractivity contribution in [3.8, 4) is 11.8 Å². The van der Waals surface area contributed by atoms with Crippen LogP contribution in [0.2, 0.25) is 10.0 Å². The second kappa shape index (κ2) is 5.53. The van der Waals surface area contributed by atoms with E-state index >= 15 is 0 Å². The molecule has 3 rings (SSSR count). The molecule has 0 radical (unpaired) electrons. The van der Waals surface area contributed by atoms with Crippen molar-refractivity contribution < 1.29 is 9.53 Å². The van der Waals surface area contributed by atoms with Crippen LogP contribution < -0.4 is 9.64 Å². The fourth-order valence-corrected chi connectivity index (χ4v) is 3.00. The molecule has 0 spiro atoms. The van der Waals surface area contributed by atoms with Gasteiger partial charge in [-0.1, -0.05) is 41.4 Å². The Kier molecular flexibility index (Phi) is 3.69. The maximum atomic E-state index is 12.8. The Morgan fingerprint density at radius 3 is 2.64 bits per heavy atom. The fraction of sp³-hybridized carbons (Fsp3) is 0.125. The molecule has 110 valence electrons. The summed E-state index contributed by atoms with van der Waals surface area (Å²) in [7, 11) is 1.51. The number of hydrogen-bond acceptors (Lipinski definition) is 3. The maximum Gasteiger partial charge on any atom is 0.261 e. The van der Waals surface area contributed by atoms with Crippen molar-refractivity contribution in [2.45, 2.75) is 6.04 Å². The second-order valence-corrected chi connectivity index (χ2v) is 5.49. The molecule has 0 saturated carbocycles. The topological polar surface area (TPSA) is 53.3 Å². The molecule has 1 aliphatic rings. The van der Waals surface area contributed by atoms with Crippen LogP contribution in [-0.4, -0.2) is 13.0 Å². The Morgan fingerprint density at radius 2 is 1.95 bits per heavy atom. The number of hydrogen-bond donors (Lipinski definition) is 0. The molecule has 0 saturated heterocycles. The first-order valence-electron chi connectivity index (χ1n) is 6.44. The van der Waals surface area contributed by atoms with Gasteiger partial charge in [-0.25, -0.2) is 0 Å². The molecule has 0 aliphatic carbocycles. The third-order valence-corrected chi connectivity index (χ3v) is 4.38. The lowest BCUT2D eigenvalue weighted by molar-refractivity contribution is 0.0994. The number of ether oxygens (including phenoxy) is 1. The van der Waals surface area contributed by atoms with Crippen molar-refractivity contribution in [2.24, 2.45) is 0 Å². The number of carbonyl (C=O) groups is 1. The number of benzene rings is 2. The summed E-state index contributed by atoms with van der Waals surface area (Å²) in [5, 5.41) is 9.98. The number of methoxy groups -OCH3 is 1. The number of para-hydroxylation sites is 2. The highest BCUT2D eigenvalue weighted by molar-refractivity contribution is 6.44. The summed E-state index contributed by atoms with van der Waals surface area (Å²) >= 11 is 12.2. The standard InChI is InChI=1S/C16H10Cl2N2O2/c1-22-13-5-3-2-4-11(13)20-12(8-19)9-6-7-10(17)15(18)14(9)16(20)21/h2-7,12H,1H3. The van der Waals surface area contributed by atoms with E-state index in [1.54, 1.807) is 36.4 Å². The minimum Gasteiger partial charge on any atom is -0.495 e. The van der Waals surface area contributed by atoms with E-state index in [4.69, 9.17) is 27.9 Å². The Balaban J connectivity index is 2.22. The van der Waals surface area contributed by atoms with Crippen molar-refractivity contribution in [2.75, 3.05) is 12.0 Å². The van der Waals surface area contributed by atoms with Gasteiger partial charge in [0.15, 0.2) is 6.04 Å². The number of anilines is 1. The lowest BCUT2D eigenvalue weighted by Crippen LogP contribution is -2.27. The summed E-state index contributed by atoms with van der Waals surface area (Å²) in [6.07, 6.45) is 0. The van der Waals surface area contributed by atoms with Gasteiger partial charge in [-0.15, -0.1) is 0 Å². The van der Waals surface area contributed by atoms with Gasteiger partial charge in [0, 0.05) is 5.56 Å². The molecule has 6 heteroatoms. The molecule has 2 aromatic rings. The first-order chi connectivity index (χ1) is 10.6. The number of nitrogens with zero attached hydrogens (tertiary/aromatic N) is 2. The van der Waals surface area contributed by atoms with E-state index in [0.29, 0.717) is 17.0 Å². The van der Waals surface area contributed by atoms with Crippen LogP contribution in [0.1, 0.15) is 22.0 Å². The predicted molar refractivity (Wildman–Crippen MR) is 84.6 cm³/mol. The highest BCUT2D eigenvalue weighted by Gasteiger charge is 2.41. The number of carbonyl (C=O) groups excluding carboxylic acids is 1. The smallest absolute Gasteiger partial charge is 0.261 e. The second-order valence-electron chi connectivity index (χ2n) is 4.70. The van der Waals surface area contributed by atoms with Gasteiger partial charge in [0.05, 0.1) is 34.5 Å². The first kappa shape index (κ1) is 14.7. The summed E-state index contributed by atoms with van der Waals surface area (Å²) < 4.78 is 5.29. The van der Waals surface area contributed by atoms with Gasteiger partial charge in [0.2, 0.25) is 0 Å². The molecule has 0 N–H and O–H groups in total. The van der Waals surface area contributed by atoms with Crippen molar-refractivity contribution in [3.63, 3.8) is 0 Å². The normalized spacial score (nSPS) is 16.4. The molecule has 1 aliphatic heterocycles. The monoisotopic (exact) mass is 332 g/mol. The molecule has 1 unspecified atom stereocenters. The molecule has 0 aromatic heterocycles. The van der Waals surface area contributed by atoms with E-state index in [1.165, 1.54) is 12.0 Å². The fourth-order valence-electron chi connectivity index (χ4n) is 2.59. The van der Waals surface area contributed by atoms with Crippen LogP contribution in [0.15, 0.2) is 36.4 Å². The average molecular weight is 333 g/mol. The van der Waals surface area contributed by atoms with Gasteiger partial charge in [-0.05, 0) is 18.2 Å². The van der Waals surface area contributed by atoms with E-state index in [9.17, 15) is 10.1 Å².